The molecule has 0 N–H and O–H groups in total. The van der Waals surface area contributed by atoms with Crippen LogP contribution in [0.2, 0.25) is 13.1 Å². The molecule has 34 heavy (non-hydrogen) atoms. The maximum atomic E-state index is 6.36. The molecule has 5 rings (SSSR count). The summed E-state index contributed by atoms with van der Waals surface area (Å²) >= 11 is 0. The van der Waals surface area contributed by atoms with E-state index in [9.17, 15) is 0 Å². The fourth-order valence-electron chi connectivity index (χ4n) is 5.59. The largest absolute Gasteiger partial charge is 0.496 e. The van der Waals surface area contributed by atoms with Crippen LogP contribution < -0.4 is 9.92 Å². The second-order valence-electron chi connectivity index (χ2n) is 9.32. The summed E-state index contributed by atoms with van der Waals surface area (Å²) in [6.45, 7) is 7.08. The molecule has 1 nitrogen and oxygen atoms in total. The predicted octanol–water partition coefficient (Wildman–Crippen LogP) is 7.30. The number of rotatable bonds is 6. The van der Waals surface area contributed by atoms with Gasteiger partial charge in [-0.1, -0.05) is 127 Å². The molecule has 1 aliphatic rings. The number of methoxy groups -OCH3 is 1. The van der Waals surface area contributed by atoms with E-state index < -0.39 is 8.80 Å². The minimum Gasteiger partial charge on any atom is -0.496 e. The standard InChI is InChI=1S/C32H31OSi/c1-22-21-28(27-20-19-23-13-11-12-18-26(23)27)31(33-2)30(32(22)34(3)4)29(24-14-7-5-8-15-24)25-16-9-6-10-17-25/h5-21,27,29H,1-4H3. The van der Waals surface area contributed by atoms with Gasteiger partial charge in [0.25, 0.3) is 0 Å². The highest BCUT2D eigenvalue weighted by molar-refractivity contribution is 6.71. The molecule has 4 aromatic rings. The molecular formula is C32H31OSi. The molecule has 169 valence electrons. The van der Waals surface area contributed by atoms with Gasteiger partial charge in [0.05, 0.1) is 15.9 Å². The van der Waals surface area contributed by atoms with E-state index in [-0.39, 0.29) is 11.8 Å². The summed E-state index contributed by atoms with van der Waals surface area (Å²) in [5.41, 5.74) is 9.24. The zero-order valence-corrected chi connectivity index (χ0v) is 21.4. The van der Waals surface area contributed by atoms with Crippen LogP contribution in [0.3, 0.4) is 0 Å². The Morgan fingerprint density at radius 2 is 1.35 bits per heavy atom. The van der Waals surface area contributed by atoms with Gasteiger partial charge in [0, 0.05) is 23.0 Å². The summed E-state index contributed by atoms with van der Waals surface area (Å²) in [6.07, 6.45) is 4.58. The average molecular weight is 460 g/mol. The van der Waals surface area contributed by atoms with Gasteiger partial charge < -0.3 is 4.74 Å². The molecule has 1 radical (unpaired) electrons. The Morgan fingerprint density at radius 1 is 0.765 bits per heavy atom. The van der Waals surface area contributed by atoms with Crippen LogP contribution in [0.4, 0.5) is 0 Å². The van der Waals surface area contributed by atoms with E-state index in [0.29, 0.717) is 0 Å². The van der Waals surface area contributed by atoms with Crippen LogP contribution in [0, 0.1) is 6.92 Å². The van der Waals surface area contributed by atoms with E-state index in [1.807, 2.05) is 7.11 Å². The number of ether oxygens (including phenoxy) is 1. The number of fused-ring (bicyclic) bond motifs is 1. The molecule has 0 fully saturated rings. The van der Waals surface area contributed by atoms with Gasteiger partial charge in [0.15, 0.2) is 0 Å². The van der Waals surface area contributed by atoms with E-state index in [1.165, 1.54) is 44.1 Å². The molecule has 0 aliphatic heterocycles. The Hall–Kier alpha value is -3.36. The van der Waals surface area contributed by atoms with Crippen molar-refractivity contribution in [2.24, 2.45) is 0 Å². The van der Waals surface area contributed by atoms with Gasteiger partial charge in [-0.25, -0.2) is 0 Å². The Morgan fingerprint density at radius 3 is 1.94 bits per heavy atom. The minimum absolute atomic E-state index is 0.117. The third-order valence-corrected chi connectivity index (χ3v) is 8.60. The number of allylic oxidation sites excluding steroid dienone is 1. The van der Waals surface area contributed by atoms with Crippen molar-refractivity contribution in [3.63, 3.8) is 0 Å². The number of hydrogen-bond acceptors (Lipinski definition) is 1. The molecule has 2 heteroatoms. The first kappa shape index (κ1) is 22.4. The Balaban J connectivity index is 1.82. The van der Waals surface area contributed by atoms with Crippen molar-refractivity contribution in [1.29, 1.82) is 0 Å². The van der Waals surface area contributed by atoms with Crippen molar-refractivity contribution >= 4 is 20.1 Å². The summed E-state index contributed by atoms with van der Waals surface area (Å²) in [4.78, 5) is 0. The maximum absolute atomic E-state index is 6.36. The van der Waals surface area contributed by atoms with Crippen LogP contribution in [-0.2, 0) is 0 Å². The third-order valence-electron chi connectivity index (χ3n) is 6.94. The van der Waals surface area contributed by atoms with E-state index in [2.05, 4.69) is 123 Å². The van der Waals surface area contributed by atoms with Crippen molar-refractivity contribution in [2.45, 2.75) is 31.9 Å². The number of benzene rings is 4. The van der Waals surface area contributed by atoms with Gasteiger partial charge in [0.1, 0.15) is 5.75 Å². The van der Waals surface area contributed by atoms with Crippen LogP contribution in [0.5, 0.6) is 5.75 Å². The Kier molecular flexibility index (Phi) is 6.25. The first-order chi connectivity index (χ1) is 16.6. The van der Waals surface area contributed by atoms with Crippen molar-refractivity contribution in [3.8, 4) is 5.75 Å². The molecular weight excluding hydrogens is 428 g/mol. The molecule has 1 unspecified atom stereocenters. The monoisotopic (exact) mass is 459 g/mol. The highest BCUT2D eigenvalue weighted by Gasteiger charge is 2.31. The van der Waals surface area contributed by atoms with E-state index >= 15 is 0 Å². The van der Waals surface area contributed by atoms with Gasteiger partial charge in [0.2, 0.25) is 0 Å². The number of hydrogen-bond donors (Lipinski definition) is 0. The van der Waals surface area contributed by atoms with Gasteiger partial charge >= 0.3 is 0 Å². The molecule has 0 saturated carbocycles. The molecule has 0 heterocycles. The van der Waals surface area contributed by atoms with Gasteiger partial charge in [-0.05, 0) is 29.2 Å². The van der Waals surface area contributed by atoms with Gasteiger partial charge in [-0.2, -0.15) is 0 Å². The number of aryl methyl sites for hydroxylation is 1. The van der Waals surface area contributed by atoms with Crippen LogP contribution in [0.25, 0.3) is 6.08 Å². The normalized spacial score (nSPS) is 14.6. The first-order valence-electron chi connectivity index (χ1n) is 12.0. The first-order valence-corrected chi connectivity index (χ1v) is 14.5. The quantitative estimate of drug-likeness (QED) is 0.217. The Labute approximate surface area is 205 Å². The molecule has 0 saturated heterocycles. The molecule has 0 aromatic heterocycles. The molecule has 0 bridgehead atoms. The van der Waals surface area contributed by atoms with Gasteiger partial charge in [-0.15, -0.1) is 0 Å². The SMILES string of the molecule is COc1c(C2C=Cc3ccccc32)cc(C)c([Si](C)C)c1C(c1ccccc1)c1ccccc1. The third kappa shape index (κ3) is 3.93. The lowest BCUT2D eigenvalue weighted by molar-refractivity contribution is 0.404. The second kappa shape index (κ2) is 9.48. The molecule has 0 spiro atoms. The van der Waals surface area contributed by atoms with Crippen LogP contribution in [-0.4, -0.2) is 15.9 Å². The molecule has 1 aliphatic carbocycles. The van der Waals surface area contributed by atoms with E-state index in [1.54, 1.807) is 0 Å². The fourth-order valence-corrected chi connectivity index (χ4v) is 7.25. The summed E-state index contributed by atoms with van der Waals surface area (Å²) in [5, 5.41) is 1.48. The Bertz CT molecular complexity index is 1280. The smallest absolute Gasteiger partial charge is 0.127 e. The lowest BCUT2D eigenvalue weighted by Crippen LogP contribution is -2.33. The lowest BCUT2D eigenvalue weighted by Gasteiger charge is -2.30. The second-order valence-corrected chi connectivity index (χ2v) is 11.8. The lowest BCUT2D eigenvalue weighted by atomic mass is 9.80. The van der Waals surface area contributed by atoms with E-state index in [0.717, 1.165) is 5.75 Å². The van der Waals surface area contributed by atoms with Crippen molar-refractivity contribution in [1.82, 2.24) is 0 Å². The van der Waals surface area contributed by atoms with Crippen LogP contribution in [0.1, 0.15) is 50.8 Å². The zero-order chi connectivity index (χ0) is 23.7. The van der Waals surface area contributed by atoms with Crippen molar-refractivity contribution in [3.05, 3.63) is 136 Å². The molecule has 1 atom stereocenters. The highest BCUT2D eigenvalue weighted by atomic mass is 28.3. The van der Waals surface area contributed by atoms with Crippen LogP contribution in [0.15, 0.2) is 97.1 Å². The average Bonchev–Trinajstić information content (AvgIpc) is 3.29. The fraction of sp³-hybridized carbons (Fsp3) is 0.188. The zero-order valence-electron chi connectivity index (χ0n) is 20.4. The molecule has 0 amide bonds. The maximum Gasteiger partial charge on any atom is 0.127 e. The summed E-state index contributed by atoms with van der Waals surface area (Å²) in [5.74, 6) is 1.36. The minimum atomic E-state index is -0.760. The van der Waals surface area contributed by atoms with E-state index in [4.69, 9.17) is 4.74 Å². The van der Waals surface area contributed by atoms with Crippen LogP contribution >= 0.6 is 0 Å². The van der Waals surface area contributed by atoms with Crippen molar-refractivity contribution in [2.75, 3.05) is 7.11 Å². The summed E-state index contributed by atoms with van der Waals surface area (Å²) in [7, 11) is 1.08. The summed E-state index contributed by atoms with van der Waals surface area (Å²) in [6, 6.07) is 32.9. The highest BCUT2D eigenvalue weighted by Crippen LogP contribution is 2.45. The predicted molar refractivity (Wildman–Crippen MR) is 146 cm³/mol. The summed E-state index contributed by atoms with van der Waals surface area (Å²) < 4.78 is 6.36. The molecule has 4 aromatic carbocycles. The topological polar surface area (TPSA) is 9.23 Å². The van der Waals surface area contributed by atoms with Crippen molar-refractivity contribution < 1.29 is 4.74 Å². The van der Waals surface area contributed by atoms with Gasteiger partial charge in [-0.3, -0.25) is 0 Å².